The molecule has 2 aromatic carbocycles. The first-order valence-electron chi connectivity index (χ1n) is 7.66. The van der Waals surface area contributed by atoms with Gasteiger partial charge in [-0.15, -0.1) is 0 Å². The van der Waals surface area contributed by atoms with Crippen LogP contribution in [0.1, 0.15) is 36.9 Å². The van der Waals surface area contributed by atoms with Gasteiger partial charge >= 0.3 is 5.97 Å². The van der Waals surface area contributed by atoms with E-state index in [0.29, 0.717) is 5.75 Å². The average molecular weight is 311 g/mol. The number of ether oxygens (including phenoxy) is 1. The van der Waals surface area contributed by atoms with Crippen LogP contribution in [-0.2, 0) is 9.59 Å². The highest BCUT2D eigenvalue weighted by Crippen LogP contribution is 2.13. The van der Waals surface area contributed by atoms with Gasteiger partial charge in [-0.25, -0.2) is 0 Å². The lowest BCUT2D eigenvalue weighted by atomic mass is 10.1. The Labute approximate surface area is 136 Å². The van der Waals surface area contributed by atoms with E-state index in [1.165, 1.54) is 0 Å². The highest BCUT2D eigenvalue weighted by molar-refractivity contribution is 5.82. The van der Waals surface area contributed by atoms with Crippen molar-refractivity contribution in [3.63, 3.8) is 0 Å². The molecule has 0 unspecified atom stereocenters. The molecule has 0 saturated heterocycles. The van der Waals surface area contributed by atoms with Gasteiger partial charge in [0.25, 0.3) is 0 Å². The fourth-order valence-corrected chi connectivity index (χ4v) is 2.14. The summed E-state index contributed by atoms with van der Waals surface area (Å²) < 4.78 is 5.19. The molecule has 0 fully saturated rings. The number of carbonyl (C=O) groups is 2. The summed E-state index contributed by atoms with van der Waals surface area (Å²) in [6.07, 6.45) is 0.170. The fourth-order valence-electron chi connectivity index (χ4n) is 2.14. The Hall–Kier alpha value is -2.62. The van der Waals surface area contributed by atoms with Crippen LogP contribution in [0.3, 0.4) is 0 Å². The SMILES string of the molecule is Cc1ccc(OC(=O)CCC(=O)N[C@@H](C)c2ccccc2)cc1. The van der Waals surface area contributed by atoms with E-state index in [1.807, 2.05) is 56.3 Å². The lowest BCUT2D eigenvalue weighted by Gasteiger charge is -2.14. The van der Waals surface area contributed by atoms with Crippen LogP contribution in [0.4, 0.5) is 0 Å². The summed E-state index contributed by atoms with van der Waals surface area (Å²) in [7, 11) is 0. The van der Waals surface area contributed by atoms with Gasteiger partial charge in [0.15, 0.2) is 0 Å². The van der Waals surface area contributed by atoms with E-state index in [1.54, 1.807) is 12.1 Å². The molecule has 0 aliphatic carbocycles. The Balaban J connectivity index is 1.75. The number of nitrogens with one attached hydrogen (secondary N) is 1. The summed E-state index contributed by atoms with van der Waals surface area (Å²) in [5.41, 5.74) is 2.13. The number of aryl methyl sites for hydroxylation is 1. The van der Waals surface area contributed by atoms with Crippen LogP contribution in [0, 0.1) is 6.92 Å². The van der Waals surface area contributed by atoms with Gasteiger partial charge in [0.05, 0.1) is 12.5 Å². The molecule has 23 heavy (non-hydrogen) atoms. The molecule has 4 nitrogen and oxygen atoms in total. The van der Waals surface area contributed by atoms with Crippen LogP contribution < -0.4 is 10.1 Å². The van der Waals surface area contributed by atoms with Crippen LogP contribution in [0.25, 0.3) is 0 Å². The number of carbonyl (C=O) groups excluding carboxylic acids is 2. The minimum Gasteiger partial charge on any atom is -0.427 e. The molecule has 1 atom stereocenters. The second-order valence-corrected chi connectivity index (χ2v) is 5.49. The van der Waals surface area contributed by atoms with E-state index in [9.17, 15) is 9.59 Å². The maximum absolute atomic E-state index is 11.9. The maximum Gasteiger partial charge on any atom is 0.311 e. The zero-order valence-corrected chi connectivity index (χ0v) is 13.4. The molecule has 0 aliphatic heterocycles. The van der Waals surface area contributed by atoms with Crippen LogP contribution in [0.5, 0.6) is 5.75 Å². The second-order valence-electron chi connectivity index (χ2n) is 5.49. The number of esters is 1. The highest BCUT2D eigenvalue weighted by atomic mass is 16.5. The van der Waals surface area contributed by atoms with Crippen molar-refractivity contribution in [2.24, 2.45) is 0 Å². The highest BCUT2D eigenvalue weighted by Gasteiger charge is 2.12. The lowest BCUT2D eigenvalue weighted by molar-refractivity contribution is -0.136. The van der Waals surface area contributed by atoms with Crippen molar-refractivity contribution in [3.8, 4) is 5.75 Å². The predicted octanol–water partition coefficient (Wildman–Crippen LogP) is 3.56. The summed E-state index contributed by atoms with van der Waals surface area (Å²) in [5, 5.41) is 2.88. The third-order valence-corrected chi connectivity index (χ3v) is 3.49. The Kier molecular flexibility index (Phi) is 5.92. The molecule has 0 saturated carbocycles. The summed E-state index contributed by atoms with van der Waals surface area (Å²) in [4.78, 5) is 23.7. The number of hydrogen-bond acceptors (Lipinski definition) is 3. The topological polar surface area (TPSA) is 55.4 Å². The van der Waals surface area contributed by atoms with Crippen molar-refractivity contribution in [1.29, 1.82) is 0 Å². The van der Waals surface area contributed by atoms with Gasteiger partial charge in [-0.1, -0.05) is 48.0 Å². The third-order valence-electron chi connectivity index (χ3n) is 3.49. The number of hydrogen-bond donors (Lipinski definition) is 1. The van der Waals surface area contributed by atoms with Crippen molar-refractivity contribution >= 4 is 11.9 Å². The molecule has 0 radical (unpaired) electrons. The Morgan fingerprint density at radius 1 is 1.00 bits per heavy atom. The van der Waals surface area contributed by atoms with E-state index < -0.39 is 5.97 Å². The fraction of sp³-hybridized carbons (Fsp3) is 0.263. The maximum atomic E-state index is 11.9. The average Bonchev–Trinajstić information content (AvgIpc) is 2.56. The summed E-state index contributed by atoms with van der Waals surface area (Å²) in [6.45, 7) is 3.88. The van der Waals surface area contributed by atoms with E-state index >= 15 is 0 Å². The zero-order chi connectivity index (χ0) is 16.7. The minimum absolute atomic E-state index is 0.0568. The number of amides is 1. The molecule has 0 heterocycles. The number of benzene rings is 2. The molecule has 2 rings (SSSR count). The normalized spacial score (nSPS) is 11.6. The van der Waals surface area contributed by atoms with Gasteiger partial charge in [0.1, 0.15) is 5.75 Å². The summed E-state index contributed by atoms with van der Waals surface area (Å²) >= 11 is 0. The molecular formula is C19H21NO3. The van der Waals surface area contributed by atoms with Crippen molar-refractivity contribution in [2.45, 2.75) is 32.7 Å². The van der Waals surface area contributed by atoms with Gasteiger partial charge in [-0.2, -0.15) is 0 Å². The van der Waals surface area contributed by atoms with Crippen LogP contribution in [-0.4, -0.2) is 11.9 Å². The molecule has 0 spiro atoms. The van der Waals surface area contributed by atoms with Crippen LogP contribution in [0.15, 0.2) is 54.6 Å². The summed E-state index contributed by atoms with van der Waals surface area (Å²) in [6, 6.07) is 16.8. The Morgan fingerprint density at radius 2 is 1.65 bits per heavy atom. The zero-order valence-electron chi connectivity index (χ0n) is 13.4. The van der Waals surface area contributed by atoms with Gasteiger partial charge in [-0.3, -0.25) is 9.59 Å². The Bertz CT molecular complexity index is 650. The van der Waals surface area contributed by atoms with E-state index in [2.05, 4.69) is 5.32 Å². The largest absolute Gasteiger partial charge is 0.427 e. The quantitative estimate of drug-likeness (QED) is 0.655. The second kappa shape index (κ2) is 8.13. The molecule has 1 N–H and O–H groups in total. The third kappa shape index (κ3) is 5.58. The van der Waals surface area contributed by atoms with Gasteiger partial charge < -0.3 is 10.1 Å². The first-order chi connectivity index (χ1) is 11.0. The first-order valence-corrected chi connectivity index (χ1v) is 7.66. The van der Waals surface area contributed by atoms with E-state index in [-0.39, 0.29) is 24.8 Å². The van der Waals surface area contributed by atoms with Crippen molar-refractivity contribution in [1.82, 2.24) is 5.32 Å². The van der Waals surface area contributed by atoms with Crippen LogP contribution >= 0.6 is 0 Å². The standard InChI is InChI=1S/C19H21NO3/c1-14-8-10-17(11-9-14)23-19(22)13-12-18(21)20-15(2)16-6-4-3-5-7-16/h3-11,15H,12-13H2,1-2H3,(H,20,21)/t15-/m0/s1. The monoisotopic (exact) mass is 311 g/mol. The molecule has 0 aliphatic rings. The smallest absolute Gasteiger partial charge is 0.311 e. The minimum atomic E-state index is -0.406. The molecule has 0 aromatic heterocycles. The van der Waals surface area contributed by atoms with E-state index in [0.717, 1.165) is 11.1 Å². The molecule has 1 amide bonds. The molecule has 2 aromatic rings. The Morgan fingerprint density at radius 3 is 2.30 bits per heavy atom. The molecular weight excluding hydrogens is 290 g/mol. The molecule has 4 heteroatoms. The lowest BCUT2D eigenvalue weighted by Crippen LogP contribution is -2.27. The molecule has 0 bridgehead atoms. The van der Waals surface area contributed by atoms with Gasteiger partial charge in [0, 0.05) is 6.42 Å². The van der Waals surface area contributed by atoms with Crippen molar-refractivity contribution < 1.29 is 14.3 Å². The molecule has 120 valence electrons. The van der Waals surface area contributed by atoms with Gasteiger partial charge in [0.2, 0.25) is 5.91 Å². The van der Waals surface area contributed by atoms with Crippen LogP contribution in [0.2, 0.25) is 0 Å². The first kappa shape index (κ1) is 16.7. The predicted molar refractivity (Wildman–Crippen MR) is 89.0 cm³/mol. The van der Waals surface area contributed by atoms with Gasteiger partial charge in [-0.05, 0) is 31.5 Å². The number of rotatable bonds is 6. The summed E-state index contributed by atoms with van der Waals surface area (Å²) in [5.74, 6) is -0.0720. The van der Waals surface area contributed by atoms with E-state index in [4.69, 9.17) is 4.74 Å². The van der Waals surface area contributed by atoms with Crippen molar-refractivity contribution in [2.75, 3.05) is 0 Å². The van der Waals surface area contributed by atoms with Crippen molar-refractivity contribution in [3.05, 3.63) is 65.7 Å².